The summed E-state index contributed by atoms with van der Waals surface area (Å²) >= 11 is 0. The van der Waals surface area contributed by atoms with E-state index in [0.29, 0.717) is 13.2 Å². The lowest BCUT2D eigenvalue weighted by Crippen LogP contribution is -2.00. The van der Waals surface area contributed by atoms with E-state index in [9.17, 15) is 0 Å². The van der Waals surface area contributed by atoms with Crippen LogP contribution in [-0.4, -0.2) is 0 Å². The van der Waals surface area contributed by atoms with Crippen LogP contribution in [0.25, 0.3) is 0 Å². The SMILES string of the molecule is Cc1cc(C)cc(OCc2cccc(COc3cc(C)cc(C)c3)c2)c1. The van der Waals surface area contributed by atoms with E-state index in [2.05, 4.69) is 88.4 Å². The Balaban J connectivity index is 1.62. The maximum absolute atomic E-state index is 5.96. The van der Waals surface area contributed by atoms with Gasteiger partial charge in [-0.25, -0.2) is 0 Å². The molecule has 0 bridgehead atoms. The van der Waals surface area contributed by atoms with Crippen molar-refractivity contribution in [3.8, 4) is 11.5 Å². The normalized spacial score (nSPS) is 10.6. The van der Waals surface area contributed by atoms with E-state index in [4.69, 9.17) is 9.47 Å². The second-order valence-electron chi connectivity index (χ2n) is 7.04. The van der Waals surface area contributed by atoms with Crippen LogP contribution < -0.4 is 9.47 Å². The van der Waals surface area contributed by atoms with Crippen molar-refractivity contribution in [3.63, 3.8) is 0 Å². The van der Waals surface area contributed by atoms with Crippen molar-refractivity contribution < 1.29 is 9.47 Å². The van der Waals surface area contributed by atoms with Gasteiger partial charge in [0.2, 0.25) is 0 Å². The monoisotopic (exact) mass is 346 g/mol. The number of aryl methyl sites for hydroxylation is 4. The summed E-state index contributed by atoms with van der Waals surface area (Å²) in [7, 11) is 0. The lowest BCUT2D eigenvalue weighted by molar-refractivity contribution is 0.299. The second kappa shape index (κ2) is 8.09. The van der Waals surface area contributed by atoms with Crippen molar-refractivity contribution in [1.29, 1.82) is 0 Å². The molecule has 0 unspecified atom stereocenters. The standard InChI is InChI=1S/C24H26O2/c1-17-8-18(2)11-23(10-17)25-15-21-6-5-7-22(14-21)16-26-24-12-19(3)9-20(4)13-24/h5-14H,15-16H2,1-4H3. The number of ether oxygens (including phenoxy) is 2. The van der Waals surface area contributed by atoms with Crippen LogP contribution in [0.3, 0.4) is 0 Å². The fourth-order valence-electron chi connectivity index (χ4n) is 3.18. The molecule has 0 fully saturated rings. The molecule has 3 aromatic carbocycles. The lowest BCUT2D eigenvalue weighted by atomic mass is 10.1. The molecule has 0 heterocycles. The van der Waals surface area contributed by atoms with Gasteiger partial charge < -0.3 is 9.47 Å². The molecule has 26 heavy (non-hydrogen) atoms. The van der Waals surface area contributed by atoms with Gasteiger partial charge in [0.25, 0.3) is 0 Å². The average molecular weight is 346 g/mol. The fourth-order valence-corrected chi connectivity index (χ4v) is 3.18. The van der Waals surface area contributed by atoms with E-state index in [-0.39, 0.29) is 0 Å². The highest BCUT2D eigenvalue weighted by atomic mass is 16.5. The molecular weight excluding hydrogens is 320 g/mol. The zero-order chi connectivity index (χ0) is 18.5. The van der Waals surface area contributed by atoms with Gasteiger partial charge in [-0.2, -0.15) is 0 Å². The van der Waals surface area contributed by atoms with Gasteiger partial charge in [-0.05, 0) is 91.4 Å². The van der Waals surface area contributed by atoms with E-state index < -0.39 is 0 Å². The van der Waals surface area contributed by atoms with Crippen LogP contribution in [0.2, 0.25) is 0 Å². The maximum atomic E-state index is 5.96. The Bertz CT molecular complexity index is 785. The molecule has 2 heteroatoms. The molecule has 0 amide bonds. The molecular formula is C24H26O2. The highest BCUT2D eigenvalue weighted by molar-refractivity contribution is 5.34. The molecule has 0 aliphatic carbocycles. The summed E-state index contributed by atoms with van der Waals surface area (Å²) in [5.74, 6) is 1.83. The first-order valence-electron chi connectivity index (χ1n) is 8.98. The third-order valence-electron chi connectivity index (χ3n) is 4.19. The molecule has 0 radical (unpaired) electrons. The van der Waals surface area contributed by atoms with Gasteiger partial charge in [0.1, 0.15) is 24.7 Å². The van der Waals surface area contributed by atoms with Crippen molar-refractivity contribution in [2.24, 2.45) is 0 Å². The number of rotatable bonds is 6. The zero-order valence-electron chi connectivity index (χ0n) is 16.0. The Morgan fingerprint density at radius 1 is 0.538 bits per heavy atom. The molecule has 0 N–H and O–H groups in total. The first-order chi connectivity index (χ1) is 12.5. The second-order valence-corrected chi connectivity index (χ2v) is 7.04. The van der Waals surface area contributed by atoms with Crippen LogP contribution in [0.5, 0.6) is 11.5 Å². The van der Waals surface area contributed by atoms with Gasteiger partial charge in [-0.1, -0.05) is 30.3 Å². The minimum Gasteiger partial charge on any atom is -0.489 e. The number of hydrogen-bond donors (Lipinski definition) is 0. The quantitative estimate of drug-likeness (QED) is 0.538. The highest BCUT2D eigenvalue weighted by Crippen LogP contribution is 2.20. The third kappa shape index (κ3) is 5.13. The van der Waals surface area contributed by atoms with Gasteiger partial charge >= 0.3 is 0 Å². The highest BCUT2D eigenvalue weighted by Gasteiger charge is 2.02. The van der Waals surface area contributed by atoms with E-state index in [1.807, 2.05) is 0 Å². The topological polar surface area (TPSA) is 18.5 Å². The zero-order valence-corrected chi connectivity index (χ0v) is 16.0. The molecule has 3 rings (SSSR count). The fraction of sp³-hybridized carbons (Fsp3) is 0.250. The number of hydrogen-bond acceptors (Lipinski definition) is 2. The Labute approximate surface area is 156 Å². The molecule has 2 nitrogen and oxygen atoms in total. The van der Waals surface area contributed by atoms with Crippen LogP contribution in [0.15, 0.2) is 60.7 Å². The molecule has 0 aliphatic rings. The smallest absolute Gasteiger partial charge is 0.120 e. The van der Waals surface area contributed by atoms with Crippen LogP contribution >= 0.6 is 0 Å². The summed E-state index contributed by atoms with van der Waals surface area (Å²) in [5, 5.41) is 0. The molecule has 0 aliphatic heterocycles. The van der Waals surface area contributed by atoms with Crippen molar-refractivity contribution in [3.05, 3.63) is 94.0 Å². The molecule has 0 atom stereocenters. The van der Waals surface area contributed by atoms with Crippen molar-refractivity contribution >= 4 is 0 Å². The van der Waals surface area contributed by atoms with E-state index in [1.165, 1.54) is 22.3 Å². The maximum Gasteiger partial charge on any atom is 0.120 e. The average Bonchev–Trinajstić information content (AvgIpc) is 2.57. The summed E-state index contributed by atoms with van der Waals surface area (Å²) in [6, 6.07) is 21.0. The Morgan fingerprint density at radius 3 is 1.31 bits per heavy atom. The van der Waals surface area contributed by atoms with Gasteiger partial charge in [0, 0.05) is 0 Å². The minimum absolute atomic E-state index is 0.556. The number of benzene rings is 3. The van der Waals surface area contributed by atoms with Crippen molar-refractivity contribution in [2.45, 2.75) is 40.9 Å². The van der Waals surface area contributed by atoms with Crippen LogP contribution in [0, 0.1) is 27.7 Å². The predicted octanol–water partition coefficient (Wildman–Crippen LogP) is 6.08. The molecule has 0 saturated heterocycles. The van der Waals surface area contributed by atoms with Crippen LogP contribution in [0.4, 0.5) is 0 Å². The Morgan fingerprint density at radius 2 is 0.923 bits per heavy atom. The Kier molecular flexibility index (Phi) is 5.62. The van der Waals surface area contributed by atoms with Crippen LogP contribution in [-0.2, 0) is 13.2 Å². The summed E-state index contributed by atoms with van der Waals surface area (Å²) < 4.78 is 11.9. The van der Waals surface area contributed by atoms with Gasteiger partial charge in [0.05, 0.1) is 0 Å². The largest absolute Gasteiger partial charge is 0.489 e. The van der Waals surface area contributed by atoms with Gasteiger partial charge in [-0.3, -0.25) is 0 Å². The van der Waals surface area contributed by atoms with Crippen molar-refractivity contribution in [1.82, 2.24) is 0 Å². The summed E-state index contributed by atoms with van der Waals surface area (Å²) in [6.45, 7) is 9.46. The summed E-state index contributed by atoms with van der Waals surface area (Å²) in [5.41, 5.74) is 7.16. The third-order valence-corrected chi connectivity index (χ3v) is 4.19. The lowest BCUT2D eigenvalue weighted by Gasteiger charge is -2.11. The van der Waals surface area contributed by atoms with E-state index >= 15 is 0 Å². The minimum atomic E-state index is 0.556. The summed E-state index contributed by atoms with van der Waals surface area (Å²) in [6.07, 6.45) is 0. The van der Waals surface area contributed by atoms with Crippen LogP contribution in [0.1, 0.15) is 33.4 Å². The predicted molar refractivity (Wildman–Crippen MR) is 107 cm³/mol. The molecule has 0 aromatic heterocycles. The van der Waals surface area contributed by atoms with Gasteiger partial charge in [-0.15, -0.1) is 0 Å². The molecule has 0 saturated carbocycles. The van der Waals surface area contributed by atoms with Crippen molar-refractivity contribution in [2.75, 3.05) is 0 Å². The Hall–Kier alpha value is -2.74. The van der Waals surface area contributed by atoms with E-state index in [0.717, 1.165) is 22.6 Å². The van der Waals surface area contributed by atoms with E-state index in [1.54, 1.807) is 0 Å². The molecule has 3 aromatic rings. The first kappa shape index (κ1) is 18.1. The summed E-state index contributed by atoms with van der Waals surface area (Å²) in [4.78, 5) is 0. The molecule has 134 valence electrons. The first-order valence-corrected chi connectivity index (χ1v) is 8.98. The molecule has 0 spiro atoms. The van der Waals surface area contributed by atoms with Gasteiger partial charge in [0.15, 0.2) is 0 Å².